The molecule has 200 valence electrons. The van der Waals surface area contributed by atoms with Crippen LogP contribution >= 0.6 is 11.3 Å². The lowest BCUT2D eigenvalue weighted by atomic mass is 9.90. The zero-order chi connectivity index (χ0) is 27.2. The maximum atomic E-state index is 14.2. The first-order valence-electron chi connectivity index (χ1n) is 13.4. The molecule has 0 N–H and O–H groups in total. The minimum atomic E-state index is -0.505. The average Bonchev–Trinajstić information content (AvgIpc) is 3.45. The molecule has 0 bridgehead atoms. The first-order chi connectivity index (χ1) is 19.1. The van der Waals surface area contributed by atoms with Crippen LogP contribution in [-0.4, -0.2) is 55.0 Å². The van der Waals surface area contributed by atoms with Crippen molar-refractivity contribution in [3.05, 3.63) is 129 Å². The van der Waals surface area contributed by atoms with Gasteiger partial charge in [0.25, 0.3) is 0 Å². The van der Waals surface area contributed by atoms with Gasteiger partial charge >= 0.3 is 0 Å². The molecular formula is C33H34N2O3S. The van der Waals surface area contributed by atoms with Crippen molar-refractivity contribution < 1.29 is 14.3 Å². The van der Waals surface area contributed by atoms with E-state index in [1.807, 2.05) is 65.6 Å². The standard InChI is InChI=1S/C33H34N2O3S/c1-24-13-15-27(16-14-24)32-28-18-22-39-29(28)17-19-35(32)30(36)23-34(20-21-38-2)33(37)31(25-9-5-3-6-10-25)26-11-7-4-8-12-26/h3-16,18,22,31-32H,17,19-21,23H2,1-2H3. The normalized spacial score (nSPS) is 14.7. The Morgan fingerprint density at radius 3 is 2.21 bits per heavy atom. The molecule has 0 spiro atoms. The van der Waals surface area contributed by atoms with Crippen LogP contribution in [0.25, 0.3) is 0 Å². The number of hydrogen-bond acceptors (Lipinski definition) is 4. The molecule has 2 heterocycles. The Labute approximate surface area is 234 Å². The van der Waals surface area contributed by atoms with Crippen LogP contribution in [0.15, 0.2) is 96.4 Å². The maximum absolute atomic E-state index is 14.2. The van der Waals surface area contributed by atoms with E-state index < -0.39 is 5.92 Å². The molecule has 1 atom stereocenters. The molecule has 1 aromatic heterocycles. The number of benzene rings is 3. The van der Waals surface area contributed by atoms with Crippen LogP contribution in [0.3, 0.4) is 0 Å². The molecule has 1 aliphatic heterocycles. The van der Waals surface area contributed by atoms with Gasteiger partial charge in [-0.15, -0.1) is 11.3 Å². The molecular weight excluding hydrogens is 504 g/mol. The van der Waals surface area contributed by atoms with Gasteiger partial charge in [-0.3, -0.25) is 9.59 Å². The van der Waals surface area contributed by atoms with Crippen LogP contribution in [0.5, 0.6) is 0 Å². The van der Waals surface area contributed by atoms with E-state index in [9.17, 15) is 9.59 Å². The minimum Gasteiger partial charge on any atom is -0.383 e. The smallest absolute Gasteiger partial charge is 0.242 e. The van der Waals surface area contributed by atoms with E-state index in [1.54, 1.807) is 23.3 Å². The molecule has 39 heavy (non-hydrogen) atoms. The van der Waals surface area contributed by atoms with Gasteiger partial charge in [0, 0.05) is 25.1 Å². The van der Waals surface area contributed by atoms with Crippen LogP contribution in [0.4, 0.5) is 0 Å². The summed E-state index contributed by atoms with van der Waals surface area (Å²) in [5.41, 5.74) is 5.27. The molecule has 0 fully saturated rings. The average molecular weight is 539 g/mol. The Kier molecular flexibility index (Phi) is 8.54. The van der Waals surface area contributed by atoms with Gasteiger partial charge in [0.15, 0.2) is 0 Å². The molecule has 5 rings (SSSR count). The van der Waals surface area contributed by atoms with E-state index in [2.05, 4.69) is 42.6 Å². The van der Waals surface area contributed by atoms with E-state index in [0.29, 0.717) is 19.7 Å². The zero-order valence-electron chi connectivity index (χ0n) is 22.5. The molecule has 0 saturated heterocycles. The molecule has 1 unspecified atom stereocenters. The number of methoxy groups -OCH3 is 1. The van der Waals surface area contributed by atoms with E-state index >= 15 is 0 Å². The highest BCUT2D eigenvalue weighted by Gasteiger charge is 2.35. The Morgan fingerprint density at radius 1 is 0.949 bits per heavy atom. The quantitative estimate of drug-likeness (QED) is 0.269. The summed E-state index contributed by atoms with van der Waals surface area (Å²) in [6.45, 7) is 3.38. The van der Waals surface area contributed by atoms with Crippen molar-refractivity contribution in [2.45, 2.75) is 25.3 Å². The number of rotatable bonds is 9. The third kappa shape index (κ3) is 5.97. The predicted molar refractivity (Wildman–Crippen MR) is 156 cm³/mol. The predicted octanol–water partition coefficient (Wildman–Crippen LogP) is 5.84. The van der Waals surface area contributed by atoms with Gasteiger partial charge in [0.1, 0.15) is 0 Å². The van der Waals surface area contributed by atoms with E-state index in [-0.39, 0.29) is 24.4 Å². The topological polar surface area (TPSA) is 49.9 Å². The highest BCUT2D eigenvalue weighted by atomic mass is 32.1. The van der Waals surface area contributed by atoms with Crippen LogP contribution < -0.4 is 0 Å². The molecule has 2 amide bonds. The van der Waals surface area contributed by atoms with Gasteiger partial charge in [0.2, 0.25) is 11.8 Å². The van der Waals surface area contributed by atoms with E-state index in [1.165, 1.54) is 16.0 Å². The Bertz CT molecular complexity index is 1350. The maximum Gasteiger partial charge on any atom is 0.242 e. The van der Waals surface area contributed by atoms with Gasteiger partial charge in [-0.05, 0) is 47.0 Å². The summed E-state index contributed by atoms with van der Waals surface area (Å²) in [5, 5.41) is 2.11. The largest absolute Gasteiger partial charge is 0.383 e. The van der Waals surface area contributed by atoms with E-state index in [0.717, 1.165) is 23.1 Å². The molecule has 0 radical (unpaired) electrons. The number of thiophene rings is 1. The van der Waals surface area contributed by atoms with Crippen molar-refractivity contribution in [2.75, 3.05) is 33.4 Å². The minimum absolute atomic E-state index is 0.000191. The molecule has 5 nitrogen and oxygen atoms in total. The fourth-order valence-electron chi connectivity index (χ4n) is 5.37. The third-order valence-corrected chi connectivity index (χ3v) is 8.39. The third-order valence-electron chi connectivity index (χ3n) is 7.40. The number of carbonyl (C=O) groups excluding carboxylic acids is 2. The van der Waals surface area contributed by atoms with Crippen molar-refractivity contribution >= 4 is 23.2 Å². The first-order valence-corrected chi connectivity index (χ1v) is 14.2. The molecule has 0 saturated carbocycles. The van der Waals surface area contributed by atoms with Gasteiger partial charge < -0.3 is 14.5 Å². The number of fused-ring (bicyclic) bond motifs is 1. The number of ether oxygens (including phenoxy) is 1. The van der Waals surface area contributed by atoms with Crippen molar-refractivity contribution in [2.24, 2.45) is 0 Å². The van der Waals surface area contributed by atoms with Crippen LogP contribution in [0, 0.1) is 6.92 Å². The van der Waals surface area contributed by atoms with Crippen LogP contribution in [0.2, 0.25) is 0 Å². The van der Waals surface area contributed by atoms with Gasteiger partial charge in [-0.2, -0.15) is 0 Å². The van der Waals surface area contributed by atoms with Crippen molar-refractivity contribution in [1.29, 1.82) is 0 Å². The Balaban J connectivity index is 1.46. The van der Waals surface area contributed by atoms with Gasteiger partial charge in [0.05, 0.1) is 25.1 Å². The summed E-state index contributed by atoms with van der Waals surface area (Å²) in [4.78, 5) is 33.2. The second kappa shape index (κ2) is 12.4. The second-order valence-corrected chi connectivity index (χ2v) is 11.0. The first kappa shape index (κ1) is 26.9. The lowest BCUT2D eigenvalue weighted by Crippen LogP contribution is -2.48. The van der Waals surface area contributed by atoms with Crippen LogP contribution in [0.1, 0.15) is 44.7 Å². The highest BCUT2D eigenvalue weighted by molar-refractivity contribution is 7.10. The fourth-order valence-corrected chi connectivity index (χ4v) is 6.27. The number of carbonyl (C=O) groups is 2. The van der Waals surface area contributed by atoms with Crippen molar-refractivity contribution in [3.63, 3.8) is 0 Å². The highest BCUT2D eigenvalue weighted by Crippen LogP contribution is 2.38. The summed E-state index contributed by atoms with van der Waals surface area (Å²) in [5.74, 6) is -0.658. The van der Waals surface area contributed by atoms with Gasteiger partial charge in [-0.1, -0.05) is 90.5 Å². The summed E-state index contributed by atoms with van der Waals surface area (Å²) in [6, 6.07) is 30.0. The molecule has 6 heteroatoms. The Hall–Kier alpha value is -3.74. The molecule has 1 aliphatic rings. The molecule has 0 aliphatic carbocycles. The number of amides is 2. The fraction of sp³-hybridized carbons (Fsp3) is 0.273. The molecule has 4 aromatic rings. The molecule has 3 aromatic carbocycles. The van der Waals surface area contributed by atoms with Crippen molar-refractivity contribution in [1.82, 2.24) is 9.80 Å². The number of hydrogen-bond donors (Lipinski definition) is 0. The van der Waals surface area contributed by atoms with Crippen LogP contribution in [-0.2, 0) is 20.7 Å². The summed E-state index contributed by atoms with van der Waals surface area (Å²) in [6.07, 6.45) is 0.823. The number of aryl methyl sites for hydroxylation is 1. The summed E-state index contributed by atoms with van der Waals surface area (Å²) in [7, 11) is 1.62. The number of nitrogens with zero attached hydrogens (tertiary/aromatic N) is 2. The van der Waals surface area contributed by atoms with Gasteiger partial charge in [-0.25, -0.2) is 0 Å². The summed E-state index contributed by atoms with van der Waals surface area (Å²) < 4.78 is 5.36. The lowest BCUT2D eigenvalue weighted by molar-refractivity contribution is -0.142. The van der Waals surface area contributed by atoms with Crippen molar-refractivity contribution in [3.8, 4) is 0 Å². The lowest BCUT2D eigenvalue weighted by Gasteiger charge is -2.38. The summed E-state index contributed by atoms with van der Waals surface area (Å²) >= 11 is 1.75. The monoisotopic (exact) mass is 538 g/mol. The zero-order valence-corrected chi connectivity index (χ0v) is 23.3. The SMILES string of the molecule is COCCN(CC(=O)N1CCc2sccc2C1c1ccc(C)cc1)C(=O)C(c1ccccc1)c1ccccc1. The van der Waals surface area contributed by atoms with E-state index in [4.69, 9.17) is 4.74 Å². The Morgan fingerprint density at radius 2 is 1.59 bits per heavy atom. The second-order valence-electron chi connectivity index (χ2n) is 9.96.